The lowest BCUT2D eigenvalue weighted by molar-refractivity contribution is 0.412. The van der Waals surface area contributed by atoms with E-state index in [0.717, 1.165) is 6.42 Å². The van der Waals surface area contributed by atoms with Crippen molar-refractivity contribution in [3.63, 3.8) is 0 Å². The smallest absolute Gasteiger partial charge is 0.0562 e. The minimum absolute atomic E-state index is 0.217. The number of aromatic nitrogens is 2. The minimum Gasteiger partial charge on any atom is -0.309 e. The molecular weight excluding hydrogens is 388 g/mol. The number of fused-ring (bicyclic) bond motifs is 6. The van der Waals surface area contributed by atoms with Crippen LogP contribution in [0.1, 0.15) is 26.3 Å². The number of hydrogen-bond acceptors (Lipinski definition) is 1. The quantitative estimate of drug-likeness (QED) is 0.262. The van der Waals surface area contributed by atoms with E-state index in [4.69, 9.17) is 0 Å². The van der Waals surface area contributed by atoms with Gasteiger partial charge in [0.05, 0.1) is 16.7 Å². The number of benzene rings is 4. The van der Waals surface area contributed by atoms with E-state index < -0.39 is 0 Å². The van der Waals surface area contributed by atoms with Gasteiger partial charge in [0, 0.05) is 28.6 Å². The zero-order valence-corrected chi connectivity index (χ0v) is 18.8. The minimum atomic E-state index is 0.217. The Morgan fingerprint density at radius 1 is 0.656 bits per heavy atom. The summed E-state index contributed by atoms with van der Waals surface area (Å²) < 4.78 is 2.42. The second-order valence-electron chi connectivity index (χ2n) is 9.94. The molecule has 2 heterocycles. The van der Waals surface area contributed by atoms with Crippen molar-refractivity contribution in [2.75, 3.05) is 0 Å². The van der Waals surface area contributed by atoms with E-state index in [1.54, 1.807) is 0 Å². The van der Waals surface area contributed by atoms with Crippen LogP contribution in [0, 0.1) is 5.41 Å². The Hall–Kier alpha value is -3.65. The van der Waals surface area contributed by atoms with E-state index in [1.807, 2.05) is 12.4 Å². The molecule has 0 saturated carbocycles. The predicted octanol–water partition coefficient (Wildman–Crippen LogP) is 8.07. The first kappa shape index (κ1) is 19.1. The molecule has 4 aromatic carbocycles. The standard InChI is InChI=1S/C30H26N2/c1-30(2,3)18-20-9-8-12-21-22-15-16-31-19-26(22)29(17-25(20)21)32-27-13-6-4-10-23(27)24-11-5-7-14-28(24)32/h4-17,19H,18H2,1-3H3. The fourth-order valence-corrected chi connectivity index (χ4v) is 5.16. The highest BCUT2D eigenvalue weighted by Gasteiger charge is 2.18. The summed E-state index contributed by atoms with van der Waals surface area (Å²) in [6, 6.07) is 28.7. The lowest BCUT2D eigenvalue weighted by Crippen LogP contribution is -2.09. The fourth-order valence-electron chi connectivity index (χ4n) is 5.16. The van der Waals surface area contributed by atoms with Gasteiger partial charge in [0.15, 0.2) is 0 Å². The van der Waals surface area contributed by atoms with Crippen molar-refractivity contribution in [3.05, 3.63) is 96.8 Å². The average Bonchev–Trinajstić information content (AvgIpc) is 3.12. The molecule has 0 atom stereocenters. The van der Waals surface area contributed by atoms with Crippen molar-refractivity contribution >= 4 is 43.4 Å². The Labute approximate surface area is 188 Å². The summed E-state index contributed by atoms with van der Waals surface area (Å²) in [7, 11) is 0. The molecule has 0 bridgehead atoms. The molecule has 2 nitrogen and oxygen atoms in total. The molecule has 2 aromatic heterocycles. The molecule has 0 N–H and O–H groups in total. The first-order chi connectivity index (χ1) is 15.5. The molecule has 0 amide bonds. The van der Waals surface area contributed by atoms with Gasteiger partial charge in [-0.25, -0.2) is 0 Å². The Morgan fingerprint density at radius 2 is 1.28 bits per heavy atom. The van der Waals surface area contributed by atoms with Crippen LogP contribution in [-0.2, 0) is 6.42 Å². The number of hydrogen-bond donors (Lipinski definition) is 0. The van der Waals surface area contributed by atoms with Crippen LogP contribution in [-0.4, -0.2) is 9.55 Å². The highest BCUT2D eigenvalue weighted by Crippen LogP contribution is 2.38. The maximum absolute atomic E-state index is 4.52. The molecule has 32 heavy (non-hydrogen) atoms. The maximum atomic E-state index is 4.52. The molecule has 2 heteroatoms. The molecule has 0 radical (unpaired) electrons. The molecule has 0 aliphatic heterocycles. The second kappa shape index (κ2) is 6.93. The molecule has 0 aliphatic rings. The number of nitrogens with zero attached hydrogens (tertiary/aromatic N) is 2. The van der Waals surface area contributed by atoms with Gasteiger partial charge in [0.2, 0.25) is 0 Å². The van der Waals surface area contributed by atoms with Gasteiger partial charge in [0.25, 0.3) is 0 Å². The van der Waals surface area contributed by atoms with Crippen LogP contribution < -0.4 is 0 Å². The molecular formula is C30H26N2. The lowest BCUT2D eigenvalue weighted by Gasteiger charge is -2.21. The molecule has 0 aliphatic carbocycles. The molecule has 0 fully saturated rings. The van der Waals surface area contributed by atoms with Crippen LogP contribution in [0.4, 0.5) is 0 Å². The van der Waals surface area contributed by atoms with Crippen molar-refractivity contribution < 1.29 is 0 Å². The van der Waals surface area contributed by atoms with E-state index in [-0.39, 0.29) is 5.41 Å². The van der Waals surface area contributed by atoms with E-state index in [1.165, 1.54) is 54.6 Å². The van der Waals surface area contributed by atoms with Crippen LogP contribution in [0.2, 0.25) is 0 Å². The largest absolute Gasteiger partial charge is 0.309 e. The molecule has 156 valence electrons. The molecule has 0 saturated heterocycles. The summed E-state index contributed by atoms with van der Waals surface area (Å²) in [6.07, 6.45) is 4.96. The zero-order chi connectivity index (χ0) is 21.9. The van der Waals surface area contributed by atoms with E-state index in [0.29, 0.717) is 0 Å². The Morgan fingerprint density at radius 3 is 1.97 bits per heavy atom. The number of para-hydroxylation sites is 2. The third-order valence-electron chi connectivity index (χ3n) is 6.41. The van der Waals surface area contributed by atoms with Crippen LogP contribution in [0.15, 0.2) is 91.3 Å². The SMILES string of the molecule is CC(C)(C)Cc1cccc2c1cc(-n1c3ccccc3c3ccccc31)c1cnccc12. The van der Waals surface area contributed by atoms with Crippen molar-refractivity contribution in [1.82, 2.24) is 9.55 Å². The van der Waals surface area contributed by atoms with Gasteiger partial charge in [-0.1, -0.05) is 75.4 Å². The zero-order valence-electron chi connectivity index (χ0n) is 18.8. The summed E-state index contributed by atoms with van der Waals surface area (Å²) in [4.78, 5) is 4.52. The third kappa shape index (κ3) is 2.90. The van der Waals surface area contributed by atoms with Gasteiger partial charge in [-0.05, 0) is 57.8 Å². The summed E-state index contributed by atoms with van der Waals surface area (Å²) in [5.41, 5.74) is 5.27. The molecule has 6 rings (SSSR count). The first-order valence-corrected chi connectivity index (χ1v) is 11.3. The number of pyridine rings is 1. The Bertz CT molecular complexity index is 1580. The summed E-state index contributed by atoms with van der Waals surface area (Å²) in [5.74, 6) is 0. The Kier molecular flexibility index (Phi) is 4.13. The van der Waals surface area contributed by atoms with Gasteiger partial charge < -0.3 is 4.57 Å². The van der Waals surface area contributed by atoms with Gasteiger partial charge in [-0.2, -0.15) is 0 Å². The summed E-state index contributed by atoms with van der Waals surface area (Å²) in [5, 5.41) is 7.63. The maximum Gasteiger partial charge on any atom is 0.0562 e. The predicted molar refractivity (Wildman–Crippen MR) is 137 cm³/mol. The van der Waals surface area contributed by atoms with E-state index >= 15 is 0 Å². The van der Waals surface area contributed by atoms with Gasteiger partial charge in [-0.15, -0.1) is 0 Å². The monoisotopic (exact) mass is 414 g/mol. The Balaban J connectivity index is 1.80. The molecule has 0 unspecified atom stereocenters. The lowest BCUT2D eigenvalue weighted by atomic mass is 9.85. The fraction of sp³-hybridized carbons (Fsp3) is 0.167. The van der Waals surface area contributed by atoms with E-state index in [9.17, 15) is 0 Å². The third-order valence-corrected chi connectivity index (χ3v) is 6.41. The van der Waals surface area contributed by atoms with Crippen molar-refractivity contribution in [2.24, 2.45) is 5.41 Å². The highest BCUT2D eigenvalue weighted by molar-refractivity contribution is 6.15. The van der Waals surface area contributed by atoms with Gasteiger partial charge >= 0.3 is 0 Å². The van der Waals surface area contributed by atoms with Crippen molar-refractivity contribution in [1.29, 1.82) is 0 Å². The molecule has 0 spiro atoms. The average molecular weight is 415 g/mol. The second-order valence-corrected chi connectivity index (χ2v) is 9.94. The van der Waals surface area contributed by atoms with Crippen molar-refractivity contribution in [3.8, 4) is 5.69 Å². The molecule has 6 aromatic rings. The first-order valence-electron chi connectivity index (χ1n) is 11.3. The topological polar surface area (TPSA) is 17.8 Å². The summed E-state index contributed by atoms with van der Waals surface area (Å²) >= 11 is 0. The van der Waals surface area contributed by atoms with Crippen LogP contribution >= 0.6 is 0 Å². The normalized spacial score (nSPS) is 12.3. The highest BCUT2D eigenvalue weighted by atomic mass is 15.0. The van der Waals surface area contributed by atoms with Crippen LogP contribution in [0.5, 0.6) is 0 Å². The number of rotatable bonds is 2. The van der Waals surface area contributed by atoms with E-state index in [2.05, 4.69) is 109 Å². The van der Waals surface area contributed by atoms with Crippen molar-refractivity contribution in [2.45, 2.75) is 27.2 Å². The van der Waals surface area contributed by atoms with Crippen LogP contribution in [0.25, 0.3) is 49.0 Å². The van der Waals surface area contributed by atoms with Crippen LogP contribution in [0.3, 0.4) is 0 Å². The van der Waals surface area contributed by atoms with Gasteiger partial charge in [0.1, 0.15) is 0 Å². The summed E-state index contributed by atoms with van der Waals surface area (Å²) in [6.45, 7) is 6.93. The van der Waals surface area contributed by atoms with Gasteiger partial charge in [-0.3, -0.25) is 4.98 Å².